The van der Waals surface area contributed by atoms with Crippen LogP contribution in [-0.4, -0.2) is 12.6 Å². The second kappa shape index (κ2) is 4.34. The van der Waals surface area contributed by atoms with E-state index in [4.69, 9.17) is 10.5 Å². The summed E-state index contributed by atoms with van der Waals surface area (Å²) in [6, 6.07) is 8.49. The van der Waals surface area contributed by atoms with Crippen LogP contribution in [0, 0.1) is 11.3 Å². The molecule has 0 bridgehead atoms. The highest BCUT2D eigenvalue weighted by molar-refractivity contribution is 5.36. The molecule has 94 valence electrons. The Morgan fingerprint density at radius 1 is 1.24 bits per heavy atom. The molecule has 17 heavy (non-hydrogen) atoms. The van der Waals surface area contributed by atoms with Crippen molar-refractivity contribution in [1.29, 1.82) is 0 Å². The number of hydrogen-bond acceptors (Lipinski definition) is 2. The van der Waals surface area contributed by atoms with Gasteiger partial charge in [-0.1, -0.05) is 26.0 Å². The third-order valence-corrected chi connectivity index (χ3v) is 3.92. The molecule has 0 aliphatic heterocycles. The van der Waals surface area contributed by atoms with E-state index in [1.54, 1.807) is 0 Å². The van der Waals surface area contributed by atoms with Crippen molar-refractivity contribution in [2.45, 2.75) is 39.7 Å². The minimum atomic E-state index is 0.231. The molecule has 1 fully saturated rings. The van der Waals surface area contributed by atoms with Crippen LogP contribution in [0.2, 0.25) is 0 Å². The third kappa shape index (κ3) is 2.32. The maximum atomic E-state index is 5.81. The Labute approximate surface area is 104 Å². The quantitative estimate of drug-likeness (QED) is 0.867. The molecule has 0 aromatic heterocycles. The summed E-state index contributed by atoms with van der Waals surface area (Å²) in [6.07, 6.45) is 0.231. The number of ether oxygens (including phenoxy) is 1. The summed E-state index contributed by atoms with van der Waals surface area (Å²) in [6.45, 7) is 9.47. The molecular weight excluding hydrogens is 210 g/mol. The lowest BCUT2D eigenvalue weighted by atomic mass is 10.0. The predicted octanol–water partition coefficient (Wildman–Crippen LogP) is 3.17. The standard InChI is InChI=1S/C15H23NO/c1-10(2)17-12-7-5-11(6-8-12)14-13(9-16)15(14,3)4/h5-8,10,13-14H,9,16H2,1-4H3/t13-,14-/m0/s1. The fraction of sp³-hybridized carbons (Fsp3) is 0.600. The van der Waals surface area contributed by atoms with E-state index >= 15 is 0 Å². The molecule has 0 unspecified atom stereocenters. The highest BCUT2D eigenvalue weighted by atomic mass is 16.5. The molecule has 2 N–H and O–H groups in total. The van der Waals surface area contributed by atoms with E-state index < -0.39 is 0 Å². The van der Waals surface area contributed by atoms with Crippen molar-refractivity contribution >= 4 is 0 Å². The van der Waals surface area contributed by atoms with E-state index in [0.29, 0.717) is 17.3 Å². The smallest absolute Gasteiger partial charge is 0.119 e. The van der Waals surface area contributed by atoms with Crippen molar-refractivity contribution in [3.63, 3.8) is 0 Å². The number of nitrogens with two attached hydrogens (primary N) is 1. The molecule has 2 rings (SSSR count). The average Bonchev–Trinajstić information content (AvgIpc) is 2.81. The SMILES string of the molecule is CC(C)Oc1ccc([C@H]2[C@H](CN)C2(C)C)cc1. The molecule has 0 radical (unpaired) electrons. The molecule has 1 aromatic rings. The topological polar surface area (TPSA) is 35.2 Å². The van der Waals surface area contributed by atoms with Gasteiger partial charge < -0.3 is 10.5 Å². The van der Waals surface area contributed by atoms with Crippen LogP contribution in [0.1, 0.15) is 39.2 Å². The summed E-state index contributed by atoms with van der Waals surface area (Å²) in [5.74, 6) is 2.19. The number of hydrogen-bond donors (Lipinski definition) is 1. The lowest BCUT2D eigenvalue weighted by molar-refractivity contribution is 0.242. The lowest BCUT2D eigenvalue weighted by Crippen LogP contribution is -2.05. The van der Waals surface area contributed by atoms with E-state index in [0.717, 1.165) is 12.3 Å². The van der Waals surface area contributed by atoms with Crippen LogP contribution >= 0.6 is 0 Å². The Morgan fingerprint density at radius 2 is 1.82 bits per heavy atom. The molecule has 1 aliphatic rings. The van der Waals surface area contributed by atoms with Crippen LogP contribution in [0.25, 0.3) is 0 Å². The first-order valence-electron chi connectivity index (χ1n) is 6.43. The van der Waals surface area contributed by atoms with Crippen molar-refractivity contribution in [3.05, 3.63) is 29.8 Å². The van der Waals surface area contributed by atoms with E-state index in [2.05, 4.69) is 38.1 Å². The van der Waals surface area contributed by atoms with Crippen LogP contribution in [0.15, 0.2) is 24.3 Å². The van der Waals surface area contributed by atoms with Gasteiger partial charge in [-0.2, -0.15) is 0 Å². The van der Waals surface area contributed by atoms with Crippen LogP contribution in [-0.2, 0) is 0 Å². The Kier molecular flexibility index (Phi) is 3.17. The van der Waals surface area contributed by atoms with Crippen molar-refractivity contribution in [3.8, 4) is 5.75 Å². The van der Waals surface area contributed by atoms with Crippen molar-refractivity contribution < 1.29 is 4.74 Å². The summed E-state index contributed by atoms with van der Waals surface area (Å²) in [5.41, 5.74) is 7.55. The summed E-state index contributed by atoms with van der Waals surface area (Å²) in [5, 5.41) is 0. The number of benzene rings is 1. The van der Waals surface area contributed by atoms with Gasteiger partial charge in [-0.3, -0.25) is 0 Å². The second-order valence-electron chi connectivity index (χ2n) is 5.88. The molecule has 1 aliphatic carbocycles. The van der Waals surface area contributed by atoms with Crippen molar-refractivity contribution in [2.75, 3.05) is 6.54 Å². The monoisotopic (exact) mass is 233 g/mol. The highest BCUT2D eigenvalue weighted by Crippen LogP contribution is 2.63. The van der Waals surface area contributed by atoms with Gasteiger partial charge in [0.25, 0.3) is 0 Å². The molecule has 2 heteroatoms. The minimum Gasteiger partial charge on any atom is -0.491 e. The Bertz CT molecular complexity index is 380. The molecule has 1 aromatic carbocycles. The molecule has 2 atom stereocenters. The van der Waals surface area contributed by atoms with Gasteiger partial charge in [-0.25, -0.2) is 0 Å². The Morgan fingerprint density at radius 3 is 2.24 bits per heavy atom. The van der Waals surface area contributed by atoms with Gasteiger partial charge in [0.15, 0.2) is 0 Å². The Balaban J connectivity index is 2.09. The maximum absolute atomic E-state index is 5.81. The zero-order valence-electron chi connectivity index (χ0n) is 11.2. The van der Waals surface area contributed by atoms with Crippen LogP contribution < -0.4 is 10.5 Å². The molecular formula is C15H23NO. The molecule has 2 nitrogen and oxygen atoms in total. The van der Waals surface area contributed by atoms with Crippen molar-refractivity contribution in [2.24, 2.45) is 17.1 Å². The largest absolute Gasteiger partial charge is 0.491 e. The minimum absolute atomic E-state index is 0.231. The fourth-order valence-electron chi connectivity index (χ4n) is 2.87. The van der Waals surface area contributed by atoms with Gasteiger partial charge in [0.1, 0.15) is 5.75 Å². The van der Waals surface area contributed by atoms with Gasteiger partial charge >= 0.3 is 0 Å². The fourth-order valence-corrected chi connectivity index (χ4v) is 2.87. The third-order valence-electron chi connectivity index (χ3n) is 3.92. The summed E-state index contributed by atoms with van der Waals surface area (Å²) in [4.78, 5) is 0. The van der Waals surface area contributed by atoms with E-state index in [9.17, 15) is 0 Å². The molecule has 0 spiro atoms. The normalized spacial score (nSPS) is 26.0. The molecule has 0 amide bonds. The van der Waals surface area contributed by atoms with Gasteiger partial charge in [0, 0.05) is 0 Å². The zero-order valence-corrected chi connectivity index (χ0v) is 11.2. The first-order chi connectivity index (χ1) is 7.96. The maximum Gasteiger partial charge on any atom is 0.119 e. The first-order valence-corrected chi connectivity index (χ1v) is 6.43. The van der Waals surface area contributed by atoms with Crippen LogP contribution in [0.4, 0.5) is 0 Å². The van der Waals surface area contributed by atoms with Crippen molar-refractivity contribution in [1.82, 2.24) is 0 Å². The molecule has 0 saturated heterocycles. The van der Waals surface area contributed by atoms with Crippen LogP contribution in [0.3, 0.4) is 0 Å². The number of rotatable bonds is 4. The summed E-state index contributed by atoms with van der Waals surface area (Å²) in [7, 11) is 0. The van der Waals surface area contributed by atoms with E-state index in [1.807, 2.05) is 13.8 Å². The van der Waals surface area contributed by atoms with Gasteiger partial charge in [-0.15, -0.1) is 0 Å². The van der Waals surface area contributed by atoms with Gasteiger partial charge in [0.2, 0.25) is 0 Å². The average molecular weight is 233 g/mol. The van der Waals surface area contributed by atoms with E-state index in [-0.39, 0.29) is 6.10 Å². The van der Waals surface area contributed by atoms with Gasteiger partial charge in [0.05, 0.1) is 6.10 Å². The summed E-state index contributed by atoms with van der Waals surface area (Å²) < 4.78 is 5.65. The lowest BCUT2D eigenvalue weighted by Gasteiger charge is -2.10. The Hall–Kier alpha value is -1.02. The second-order valence-corrected chi connectivity index (χ2v) is 5.88. The first kappa shape index (κ1) is 12.4. The molecule has 1 saturated carbocycles. The van der Waals surface area contributed by atoms with Crippen LogP contribution in [0.5, 0.6) is 5.75 Å². The zero-order chi connectivity index (χ0) is 12.6. The highest BCUT2D eigenvalue weighted by Gasteiger charge is 2.57. The summed E-state index contributed by atoms with van der Waals surface area (Å²) >= 11 is 0. The van der Waals surface area contributed by atoms with E-state index in [1.165, 1.54) is 5.56 Å². The van der Waals surface area contributed by atoms with Gasteiger partial charge in [-0.05, 0) is 55.3 Å². The predicted molar refractivity (Wildman–Crippen MR) is 71.3 cm³/mol. The molecule has 0 heterocycles.